The van der Waals surface area contributed by atoms with Gasteiger partial charge < -0.3 is 10.2 Å². The lowest BCUT2D eigenvalue weighted by atomic mass is 9.84. The van der Waals surface area contributed by atoms with Gasteiger partial charge in [0.1, 0.15) is 0 Å². The lowest BCUT2D eigenvalue weighted by molar-refractivity contribution is -0.117. The molecule has 21 heavy (non-hydrogen) atoms. The van der Waals surface area contributed by atoms with Crippen LogP contribution in [-0.4, -0.2) is 18.5 Å². The number of anilines is 2. The molecule has 0 radical (unpaired) electrons. The van der Waals surface area contributed by atoms with E-state index in [0.717, 1.165) is 30.3 Å². The van der Waals surface area contributed by atoms with Crippen molar-refractivity contribution in [2.24, 2.45) is 5.92 Å². The Bertz CT molecular complexity index is 492. The molecule has 1 saturated heterocycles. The van der Waals surface area contributed by atoms with Gasteiger partial charge in [0.2, 0.25) is 5.91 Å². The molecule has 0 unspecified atom stereocenters. The smallest absolute Gasteiger partial charge is 0.227 e. The molecule has 1 N–H and O–H groups in total. The average molecular weight is 286 g/mol. The topological polar surface area (TPSA) is 32.3 Å². The molecule has 1 amide bonds. The second kappa shape index (κ2) is 6.50. The van der Waals surface area contributed by atoms with Gasteiger partial charge in [-0.05, 0) is 50.2 Å². The molecule has 3 nitrogen and oxygen atoms in total. The first-order valence-corrected chi connectivity index (χ1v) is 8.44. The molecule has 1 aromatic rings. The molecule has 114 valence electrons. The fourth-order valence-electron chi connectivity index (χ4n) is 3.67. The molecule has 1 heterocycles. The Kier molecular flexibility index (Phi) is 4.47. The second-order valence-electron chi connectivity index (χ2n) is 6.44. The van der Waals surface area contributed by atoms with Crippen LogP contribution >= 0.6 is 0 Å². The number of para-hydroxylation sites is 2. The minimum absolute atomic E-state index is 0.263. The van der Waals surface area contributed by atoms with E-state index in [1.165, 1.54) is 32.1 Å². The van der Waals surface area contributed by atoms with E-state index in [4.69, 9.17) is 0 Å². The van der Waals surface area contributed by atoms with Crippen LogP contribution in [0, 0.1) is 5.92 Å². The van der Waals surface area contributed by atoms with Crippen molar-refractivity contribution < 1.29 is 4.79 Å². The van der Waals surface area contributed by atoms with E-state index in [-0.39, 0.29) is 5.91 Å². The summed E-state index contributed by atoms with van der Waals surface area (Å²) in [5.41, 5.74) is 2.20. The lowest BCUT2D eigenvalue weighted by Crippen LogP contribution is -2.29. The zero-order chi connectivity index (χ0) is 14.7. The highest BCUT2D eigenvalue weighted by molar-refractivity contribution is 5.98. The molecule has 2 fully saturated rings. The highest BCUT2D eigenvalue weighted by atomic mass is 16.2. The van der Waals surface area contributed by atoms with E-state index in [0.29, 0.717) is 12.5 Å². The van der Waals surface area contributed by atoms with Crippen LogP contribution in [0.15, 0.2) is 24.3 Å². The molecular weight excluding hydrogens is 260 g/mol. The Morgan fingerprint density at radius 1 is 1.19 bits per heavy atom. The Hall–Kier alpha value is -1.51. The Labute approximate surface area is 127 Å². The predicted octanol–water partition coefficient (Wildman–Crippen LogP) is 4.19. The van der Waals surface area contributed by atoms with Crippen LogP contribution in [0.2, 0.25) is 0 Å². The van der Waals surface area contributed by atoms with Gasteiger partial charge in [-0.15, -0.1) is 0 Å². The molecule has 3 heteroatoms. The number of amides is 1. The van der Waals surface area contributed by atoms with Crippen LogP contribution in [0.5, 0.6) is 0 Å². The van der Waals surface area contributed by atoms with Crippen molar-refractivity contribution in [3.05, 3.63) is 24.3 Å². The summed E-state index contributed by atoms with van der Waals surface area (Å²) in [7, 11) is 0. The van der Waals surface area contributed by atoms with Gasteiger partial charge >= 0.3 is 0 Å². The highest BCUT2D eigenvalue weighted by Crippen LogP contribution is 2.33. The molecule has 2 aliphatic rings. The maximum atomic E-state index is 12.0. The van der Waals surface area contributed by atoms with Gasteiger partial charge in [0.15, 0.2) is 0 Å². The highest BCUT2D eigenvalue weighted by Gasteiger charge is 2.25. The number of hydrogen-bond acceptors (Lipinski definition) is 2. The summed E-state index contributed by atoms with van der Waals surface area (Å²) in [6, 6.07) is 8.84. The summed E-state index contributed by atoms with van der Waals surface area (Å²) < 4.78 is 0. The van der Waals surface area contributed by atoms with Crippen molar-refractivity contribution in [3.63, 3.8) is 0 Å². The number of rotatable bonds is 4. The molecule has 1 aliphatic heterocycles. The van der Waals surface area contributed by atoms with Gasteiger partial charge in [0.25, 0.3) is 0 Å². The SMILES string of the molecule is CCC1CCC(Nc2ccccc2N2CCCC2=O)CC1. The van der Waals surface area contributed by atoms with Crippen LogP contribution < -0.4 is 10.2 Å². The van der Waals surface area contributed by atoms with Gasteiger partial charge in [-0.3, -0.25) is 4.79 Å². The molecule has 0 bridgehead atoms. The number of nitrogens with one attached hydrogen (secondary N) is 1. The van der Waals surface area contributed by atoms with Crippen LogP contribution in [0.4, 0.5) is 11.4 Å². The monoisotopic (exact) mass is 286 g/mol. The van der Waals surface area contributed by atoms with Crippen molar-refractivity contribution in [2.75, 3.05) is 16.8 Å². The van der Waals surface area contributed by atoms with E-state index in [2.05, 4.69) is 30.4 Å². The van der Waals surface area contributed by atoms with Gasteiger partial charge in [-0.2, -0.15) is 0 Å². The zero-order valence-corrected chi connectivity index (χ0v) is 13.0. The largest absolute Gasteiger partial charge is 0.381 e. The van der Waals surface area contributed by atoms with Crippen molar-refractivity contribution in [1.29, 1.82) is 0 Å². The standard InChI is InChI=1S/C18H26N2O/c1-2-14-9-11-15(12-10-14)19-16-6-3-4-7-17(16)20-13-5-8-18(20)21/h3-4,6-7,14-15,19H,2,5,8-13H2,1H3. The summed E-state index contributed by atoms with van der Waals surface area (Å²) in [5, 5.41) is 3.70. The Balaban J connectivity index is 1.70. The van der Waals surface area contributed by atoms with E-state index in [9.17, 15) is 4.79 Å². The quantitative estimate of drug-likeness (QED) is 0.900. The van der Waals surface area contributed by atoms with Crippen LogP contribution in [-0.2, 0) is 4.79 Å². The first kappa shape index (κ1) is 14.4. The maximum absolute atomic E-state index is 12.0. The Morgan fingerprint density at radius 3 is 2.62 bits per heavy atom. The molecule has 1 aromatic carbocycles. The summed E-state index contributed by atoms with van der Waals surface area (Å²) in [5.74, 6) is 1.18. The molecule has 1 aliphatic carbocycles. The predicted molar refractivity (Wildman–Crippen MR) is 87.7 cm³/mol. The minimum atomic E-state index is 0.263. The average Bonchev–Trinajstić information content (AvgIpc) is 2.95. The van der Waals surface area contributed by atoms with E-state index in [1.807, 2.05) is 11.0 Å². The van der Waals surface area contributed by atoms with Crippen molar-refractivity contribution in [2.45, 2.75) is 57.9 Å². The number of nitrogens with zero attached hydrogens (tertiary/aromatic N) is 1. The maximum Gasteiger partial charge on any atom is 0.227 e. The third-order valence-corrected chi connectivity index (χ3v) is 5.05. The van der Waals surface area contributed by atoms with Crippen LogP contribution in [0.1, 0.15) is 51.9 Å². The molecule has 0 aromatic heterocycles. The van der Waals surface area contributed by atoms with Gasteiger partial charge in [-0.25, -0.2) is 0 Å². The lowest BCUT2D eigenvalue weighted by Gasteiger charge is -2.30. The van der Waals surface area contributed by atoms with Crippen molar-refractivity contribution in [3.8, 4) is 0 Å². The summed E-state index contributed by atoms with van der Waals surface area (Å²) >= 11 is 0. The van der Waals surface area contributed by atoms with E-state index < -0.39 is 0 Å². The molecular formula is C18H26N2O. The zero-order valence-electron chi connectivity index (χ0n) is 13.0. The van der Waals surface area contributed by atoms with Gasteiger partial charge in [0.05, 0.1) is 11.4 Å². The fourth-order valence-corrected chi connectivity index (χ4v) is 3.67. The van der Waals surface area contributed by atoms with E-state index >= 15 is 0 Å². The first-order valence-electron chi connectivity index (χ1n) is 8.44. The molecule has 0 atom stereocenters. The third-order valence-electron chi connectivity index (χ3n) is 5.05. The fraction of sp³-hybridized carbons (Fsp3) is 0.611. The normalized spacial score (nSPS) is 26.1. The minimum Gasteiger partial charge on any atom is -0.381 e. The molecule has 3 rings (SSSR count). The van der Waals surface area contributed by atoms with Crippen LogP contribution in [0.3, 0.4) is 0 Å². The van der Waals surface area contributed by atoms with Gasteiger partial charge in [0, 0.05) is 19.0 Å². The summed E-state index contributed by atoms with van der Waals surface area (Å²) in [6.45, 7) is 3.16. The van der Waals surface area contributed by atoms with Crippen molar-refractivity contribution in [1.82, 2.24) is 0 Å². The van der Waals surface area contributed by atoms with Crippen molar-refractivity contribution >= 4 is 17.3 Å². The summed E-state index contributed by atoms with van der Waals surface area (Å²) in [6.07, 6.45) is 8.15. The number of benzene rings is 1. The second-order valence-corrected chi connectivity index (χ2v) is 6.44. The Morgan fingerprint density at radius 2 is 1.95 bits per heavy atom. The third kappa shape index (κ3) is 3.22. The van der Waals surface area contributed by atoms with Gasteiger partial charge in [-0.1, -0.05) is 25.5 Å². The molecule has 0 spiro atoms. The number of carbonyl (C=O) groups excluding carboxylic acids is 1. The first-order chi connectivity index (χ1) is 10.3. The number of hydrogen-bond donors (Lipinski definition) is 1. The summed E-state index contributed by atoms with van der Waals surface area (Å²) in [4.78, 5) is 13.9. The molecule has 1 saturated carbocycles. The number of carbonyl (C=O) groups is 1. The van der Waals surface area contributed by atoms with Crippen LogP contribution in [0.25, 0.3) is 0 Å². The van der Waals surface area contributed by atoms with E-state index in [1.54, 1.807) is 0 Å².